The summed E-state index contributed by atoms with van der Waals surface area (Å²) in [4.78, 5) is 9.64. The fraction of sp³-hybridized carbons (Fsp3) is 0. The van der Waals surface area contributed by atoms with Gasteiger partial charge in [-0.2, -0.15) is 0 Å². The highest BCUT2D eigenvalue weighted by Crippen LogP contribution is 2.23. The Morgan fingerprint density at radius 2 is 2.23 bits per heavy atom. The predicted octanol–water partition coefficient (Wildman–Crippen LogP) is 1.27. The molecule has 0 aliphatic heterocycles. The molecule has 2 rings (SSSR count). The van der Waals surface area contributed by atoms with Gasteiger partial charge < -0.3 is 0 Å². The van der Waals surface area contributed by atoms with E-state index in [4.69, 9.17) is 2.74 Å². The predicted molar refractivity (Wildman–Crippen MR) is 38.4 cm³/mol. The zero-order valence-corrected chi connectivity index (χ0v) is 5.94. The number of hydrogen-bond acceptors (Lipinski definition) is 5. The van der Waals surface area contributed by atoms with Crippen LogP contribution in [0.3, 0.4) is 0 Å². The molecule has 1 aromatic heterocycles. The Balaban J connectivity index is 3.01. The Morgan fingerprint density at radius 1 is 1.54 bits per heavy atom. The molecular weight excluding hydrogens is 182 g/mol. The van der Waals surface area contributed by atoms with E-state index in [1.54, 1.807) is 0 Å². The number of fused-ring (bicyclic) bond motifs is 1. The van der Waals surface area contributed by atoms with Gasteiger partial charge in [0.25, 0.3) is 0 Å². The average Bonchev–Trinajstić information content (AvgIpc) is 2.62. The number of benzene rings is 1. The highest BCUT2D eigenvalue weighted by molar-refractivity contribution is 5.83. The monoisotopic (exact) mass is 186 g/mol. The van der Waals surface area contributed by atoms with Crippen LogP contribution in [-0.2, 0) is 0 Å². The van der Waals surface area contributed by atoms with Gasteiger partial charge in [0, 0.05) is 6.04 Å². The lowest BCUT2D eigenvalue weighted by molar-refractivity contribution is -0.383. The lowest BCUT2D eigenvalue weighted by atomic mass is 10.3. The van der Waals surface area contributed by atoms with Crippen LogP contribution < -0.4 is 0 Å². The van der Waals surface area contributed by atoms with Crippen LogP contribution in [0.1, 0.15) is 2.74 Å². The van der Waals surface area contributed by atoms with Crippen molar-refractivity contribution in [3.63, 3.8) is 0 Å². The van der Waals surface area contributed by atoms with Crippen molar-refractivity contribution >= 4 is 16.7 Å². The van der Waals surface area contributed by atoms with Crippen molar-refractivity contribution in [2.45, 2.75) is 0 Å². The third-order valence-electron chi connectivity index (χ3n) is 1.39. The SMILES string of the molecule is [2H]c1c([2H])c([15N+](=O)[O-])c2nonc2c1F. The highest BCUT2D eigenvalue weighted by atomic mass is 19.1. The second kappa shape index (κ2) is 2.47. The summed E-state index contributed by atoms with van der Waals surface area (Å²) in [5, 5.41) is 16.8. The second-order valence-electron chi connectivity index (χ2n) is 2.13. The van der Waals surface area contributed by atoms with E-state index in [1.807, 2.05) is 0 Å². The van der Waals surface area contributed by atoms with E-state index < -0.39 is 39.5 Å². The summed E-state index contributed by atoms with van der Waals surface area (Å²) in [6, 6.07) is -1.74. The van der Waals surface area contributed by atoms with Crippen LogP contribution in [0.15, 0.2) is 16.7 Å². The van der Waals surface area contributed by atoms with Crippen LogP contribution in [0.25, 0.3) is 11.0 Å². The molecule has 13 heavy (non-hydrogen) atoms. The minimum atomic E-state index is -1.15. The molecule has 0 saturated carbocycles. The summed E-state index contributed by atoms with van der Waals surface area (Å²) in [7, 11) is 0. The first-order valence-corrected chi connectivity index (χ1v) is 3.09. The van der Waals surface area contributed by atoms with E-state index in [0.29, 0.717) is 0 Å². The largest absolute Gasteiger partial charge is 0.300 e. The van der Waals surface area contributed by atoms with Crippen LogP contribution in [0.2, 0.25) is 0 Å². The molecule has 7 heteroatoms. The number of hydrogen-bond donors (Lipinski definition) is 0. The standard InChI is InChI=1S/C6H2FN3O3/c7-3-1-2-4(10(11)12)6-5(3)8-13-9-6/h1-2H/i1D,2D,10+1. The molecule has 1 aromatic carbocycles. The van der Waals surface area contributed by atoms with Crippen LogP contribution in [0.4, 0.5) is 10.1 Å². The first-order valence-electron chi connectivity index (χ1n) is 4.09. The smallest absolute Gasteiger partial charge is 0.258 e. The fourth-order valence-corrected chi connectivity index (χ4v) is 0.853. The molecule has 0 N–H and O–H groups in total. The van der Waals surface area contributed by atoms with Crippen molar-refractivity contribution < 1.29 is 16.7 Å². The summed E-state index contributed by atoms with van der Waals surface area (Å²) in [6.07, 6.45) is 0. The van der Waals surface area contributed by atoms with E-state index in [0.717, 1.165) is 0 Å². The summed E-state index contributed by atoms with van der Waals surface area (Å²) >= 11 is 0. The normalized spacial score (nSPS) is 12.7. The molecular formula is C6H2FN3O3. The molecule has 0 atom stereocenters. The van der Waals surface area contributed by atoms with Gasteiger partial charge in [0.05, 0.1) is 7.66 Å². The molecule has 0 aliphatic rings. The topological polar surface area (TPSA) is 82.1 Å². The van der Waals surface area contributed by atoms with Crippen molar-refractivity contribution in [3.05, 3.63) is 28.0 Å². The van der Waals surface area contributed by atoms with E-state index >= 15 is 0 Å². The minimum absolute atomic E-state index is 0.460. The average molecular weight is 186 g/mol. The quantitative estimate of drug-likeness (QED) is 0.380. The zero-order valence-electron chi connectivity index (χ0n) is 7.94. The third kappa shape index (κ3) is 1.01. The van der Waals surface area contributed by atoms with E-state index in [9.17, 15) is 14.5 Å². The van der Waals surface area contributed by atoms with Gasteiger partial charge in [0.15, 0.2) is 11.3 Å². The van der Waals surface area contributed by atoms with E-state index in [1.165, 1.54) is 0 Å². The van der Waals surface area contributed by atoms with E-state index in [-0.39, 0.29) is 0 Å². The second-order valence-corrected chi connectivity index (χ2v) is 2.13. The Bertz CT molecular complexity index is 570. The molecule has 66 valence electrons. The molecule has 0 unspecified atom stereocenters. The van der Waals surface area contributed by atoms with Gasteiger partial charge in [0.2, 0.25) is 5.52 Å². The number of aromatic nitrogens is 2. The summed E-state index contributed by atoms with van der Waals surface area (Å²) in [5.74, 6) is -1.15. The van der Waals surface area contributed by atoms with Gasteiger partial charge in [-0.3, -0.25) is 10.1 Å². The summed E-state index contributed by atoms with van der Waals surface area (Å²) in [6.45, 7) is 0. The van der Waals surface area contributed by atoms with Gasteiger partial charge in [-0.05, 0) is 16.4 Å². The zero-order chi connectivity index (χ0) is 11.2. The molecule has 0 aliphatic carbocycles. The summed E-state index contributed by atoms with van der Waals surface area (Å²) < 4.78 is 31.7. The molecule has 6 nitrogen and oxygen atoms in total. The van der Waals surface area contributed by atoms with Crippen LogP contribution in [0, 0.1) is 15.9 Å². The molecule has 0 spiro atoms. The van der Waals surface area contributed by atoms with Crippen molar-refractivity contribution in [2.75, 3.05) is 0 Å². The lowest BCUT2D eigenvalue weighted by Gasteiger charge is -1.90. The number of nitro groups is 1. The Hall–Kier alpha value is -2.05. The van der Waals surface area contributed by atoms with Gasteiger partial charge in [0.1, 0.15) is 0 Å². The summed E-state index contributed by atoms with van der Waals surface area (Å²) in [5.41, 5.74) is -1.75. The Labute approximate surface area is 72.9 Å². The van der Waals surface area contributed by atoms with Gasteiger partial charge in [-0.15, -0.1) is 0 Å². The third-order valence-corrected chi connectivity index (χ3v) is 1.39. The molecule has 0 bridgehead atoms. The molecule has 0 saturated heterocycles. The van der Waals surface area contributed by atoms with Crippen molar-refractivity contribution in [1.82, 2.24) is 10.3 Å². The molecule has 2 aromatic rings. The van der Waals surface area contributed by atoms with Crippen LogP contribution >= 0.6 is 0 Å². The van der Waals surface area contributed by atoms with Crippen molar-refractivity contribution in [3.8, 4) is 0 Å². The maximum atomic E-state index is 13.2. The molecule has 1 heterocycles. The van der Waals surface area contributed by atoms with Gasteiger partial charge in [-0.25, -0.2) is 9.02 Å². The first kappa shape index (κ1) is 5.57. The fourth-order valence-electron chi connectivity index (χ4n) is 0.853. The van der Waals surface area contributed by atoms with Crippen molar-refractivity contribution in [1.29, 1.82) is 0 Å². The maximum absolute atomic E-state index is 13.2. The number of halogens is 1. The number of nitro benzene ring substituents is 1. The highest BCUT2D eigenvalue weighted by Gasteiger charge is 2.19. The lowest BCUT2D eigenvalue weighted by Crippen LogP contribution is -1.90. The first-order chi connectivity index (χ1) is 7.04. The van der Waals surface area contributed by atoms with Crippen LogP contribution in [0.5, 0.6) is 0 Å². The van der Waals surface area contributed by atoms with E-state index in [2.05, 4.69) is 14.9 Å². The Morgan fingerprint density at radius 3 is 2.92 bits per heavy atom. The number of rotatable bonds is 1. The Kier molecular flexibility index (Phi) is 1.06. The van der Waals surface area contributed by atoms with Gasteiger partial charge in [-0.1, -0.05) is 0 Å². The molecule has 0 amide bonds. The minimum Gasteiger partial charge on any atom is -0.258 e. The van der Waals surface area contributed by atoms with Crippen LogP contribution in [-0.4, -0.2) is 15.2 Å². The maximum Gasteiger partial charge on any atom is 0.300 e. The molecule has 0 fully saturated rings. The van der Waals surface area contributed by atoms with Gasteiger partial charge >= 0.3 is 5.69 Å². The van der Waals surface area contributed by atoms with Crippen molar-refractivity contribution in [2.24, 2.45) is 0 Å². The number of nitrogens with zero attached hydrogens (tertiary/aromatic N) is 3. The molecule has 0 radical (unpaired) electrons.